The van der Waals surface area contributed by atoms with E-state index in [9.17, 15) is 4.39 Å². The Balaban J connectivity index is 1.63. The Labute approximate surface area is 164 Å². The summed E-state index contributed by atoms with van der Waals surface area (Å²) in [6.07, 6.45) is 8.74. The van der Waals surface area contributed by atoms with Crippen LogP contribution in [0.4, 0.5) is 4.39 Å². The van der Waals surface area contributed by atoms with E-state index in [-0.39, 0.29) is 17.8 Å². The van der Waals surface area contributed by atoms with Gasteiger partial charge in [0, 0.05) is 24.2 Å². The number of ether oxygens (including phenoxy) is 2. The highest BCUT2D eigenvalue weighted by molar-refractivity contribution is 5.68. The summed E-state index contributed by atoms with van der Waals surface area (Å²) in [4.78, 5) is 20.7. The molecule has 4 aromatic heterocycles. The second-order valence-electron chi connectivity index (χ2n) is 6.70. The smallest absolute Gasteiger partial charge is 0.319 e. The van der Waals surface area contributed by atoms with Gasteiger partial charge in [0.1, 0.15) is 6.33 Å². The number of hydrogen-bond acceptors (Lipinski definition) is 8. The van der Waals surface area contributed by atoms with Crippen molar-refractivity contribution in [1.29, 1.82) is 0 Å². The third-order valence-electron chi connectivity index (χ3n) is 5.04. The van der Waals surface area contributed by atoms with Gasteiger partial charge in [-0.2, -0.15) is 19.0 Å². The van der Waals surface area contributed by atoms with Crippen molar-refractivity contribution < 1.29 is 13.9 Å². The minimum Gasteiger partial charge on any atom is -0.480 e. The summed E-state index contributed by atoms with van der Waals surface area (Å²) in [5.41, 5.74) is 3.45. The molecule has 0 amide bonds. The molecular weight excluding hydrogens is 377 g/mol. The highest BCUT2D eigenvalue weighted by atomic mass is 19.1. The Morgan fingerprint density at radius 3 is 2.62 bits per heavy atom. The fraction of sp³-hybridized carbons (Fsp3) is 0.263. The van der Waals surface area contributed by atoms with Crippen LogP contribution in [0.15, 0.2) is 37.2 Å². The predicted molar refractivity (Wildman–Crippen MR) is 99.2 cm³/mol. The maximum absolute atomic E-state index is 14.4. The first-order valence-corrected chi connectivity index (χ1v) is 8.94. The lowest BCUT2D eigenvalue weighted by atomic mass is 10.1. The van der Waals surface area contributed by atoms with Crippen molar-refractivity contribution in [2.75, 3.05) is 14.2 Å². The third-order valence-corrected chi connectivity index (χ3v) is 5.04. The monoisotopic (exact) mass is 393 g/mol. The zero-order valence-corrected chi connectivity index (χ0v) is 15.7. The maximum Gasteiger partial charge on any atom is 0.319 e. The average Bonchev–Trinajstić information content (AvgIpc) is 3.49. The zero-order valence-electron chi connectivity index (χ0n) is 15.7. The van der Waals surface area contributed by atoms with Crippen LogP contribution in [0.25, 0.3) is 16.9 Å². The highest BCUT2D eigenvalue weighted by Crippen LogP contribution is 2.55. The molecule has 2 unspecified atom stereocenters. The van der Waals surface area contributed by atoms with Gasteiger partial charge in [-0.1, -0.05) is 0 Å². The molecule has 0 aromatic carbocycles. The fourth-order valence-electron chi connectivity index (χ4n) is 3.56. The molecule has 1 saturated carbocycles. The summed E-state index contributed by atoms with van der Waals surface area (Å²) >= 11 is 0. The molecule has 10 heteroatoms. The van der Waals surface area contributed by atoms with Gasteiger partial charge in [0.15, 0.2) is 5.65 Å². The lowest BCUT2D eigenvalue weighted by Gasteiger charge is -2.10. The second-order valence-corrected chi connectivity index (χ2v) is 6.70. The molecule has 0 radical (unpaired) electrons. The lowest BCUT2D eigenvalue weighted by Crippen LogP contribution is -2.04. The van der Waals surface area contributed by atoms with Crippen LogP contribution >= 0.6 is 0 Å². The molecule has 5 rings (SSSR count). The Bertz CT molecular complexity index is 1200. The summed E-state index contributed by atoms with van der Waals surface area (Å²) in [6.45, 7) is 0. The van der Waals surface area contributed by atoms with Gasteiger partial charge in [-0.15, -0.1) is 0 Å². The third kappa shape index (κ3) is 2.93. The predicted octanol–water partition coefficient (Wildman–Crippen LogP) is 2.40. The first kappa shape index (κ1) is 17.4. The molecule has 0 saturated heterocycles. The van der Waals surface area contributed by atoms with Crippen LogP contribution in [0.2, 0.25) is 0 Å². The van der Waals surface area contributed by atoms with Gasteiger partial charge in [-0.3, -0.25) is 0 Å². The Kier molecular flexibility index (Phi) is 4.04. The summed E-state index contributed by atoms with van der Waals surface area (Å²) in [7, 11) is 2.97. The molecule has 0 spiro atoms. The minimum atomic E-state index is -0.545. The quantitative estimate of drug-likeness (QED) is 0.510. The normalized spacial score (nSPS) is 18.0. The van der Waals surface area contributed by atoms with Gasteiger partial charge in [0.2, 0.25) is 11.8 Å². The summed E-state index contributed by atoms with van der Waals surface area (Å²) in [6, 6.07) is 2.07. The van der Waals surface area contributed by atoms with Crippen LogP contribution in [0.5, 0.6) is 11.9 Å². The molecule has 1 fully saturated rings. The summed E-state index contributed by atoms with van der Waals surface area (Å²) in [5.74, 6) is 0.164. The Morgan fingerprint density at radius 1 is 1.03 bits per heavy atom. The fourth-order valence-corrected chi connectivity index (χ4v) is 3.56. The molecule has 146 valence electrons. The maximum atomic E-state index is 14.4. The van der Waals surface area contributed by atoms with Gasteiger partial charge in [-0.05, 0) is 29.9 Å². The molecule has 4 heterocycles. The molecule has 29 heavy (non-hydrogen) atoms. The van der Waals surface area contributed by atoms with Crippen molar-refractivity contribution in [2.45, 2.75) is 18.3 Å². The summed E-state index contributed by atoms with van der Waals surface area (Å²) < 4.78 is 26.0. The van der Waals surface area contributed by atoms with Crippen molar-refractivity contribution >= 4 is 5.65 Å². The first-order valence-electron chi connectivity index (χ1n) is 8.94. The van der Waals surface area contributed by atoms with Crippen LogP contribution in [0.1, 0.15) is 29.4 Å². The van der Waals surface area contributed by atoms with E-state index in [0.717, 1.165) is 17.5 Å². The Morgan fingerprint density at radius 2 is 1.86 bits per heavy atom. The number of rotatable bonds is 5. The number of nitrogens with zero attached hydrogens (tertiary/aromatic N) is 7. The van der Waals surface area contributed by atoms with E-state index < -0.39 is 5.95 Å². The van der Waals surface area contributed by atoms with Crippen LogP contribution < -0.4 is 9.47 Å². The molecule has 9 nitrogen and oxygen atoms in total. The standard InChI is InChI=1S/C19H16FN7O2/c1-28-18-14(7-24-19(25-18)29-2)15-4-13(17-23-8-16(20)27(17)26-15)12-3-11(12)10-5-21-9-22-6-10/h4-9,11-12H,3H2,1-2H3. The van der Waals surface area contributed by atoms with Crippen molar-refractivity contribution in [3.8, 4) is 23.1 Å². The van der Waals surface area contributed by atoms with E-state index in [0.29, 0.717) is 22.8 Å². The molecular formula is C19H16FN7O2. The number of methoxy groups -OCH3 is 2. The van der Waals surface area contributed by atoms with Gasteiger partial charge >= 0.3 is 6.01 Å². The van der Waals surface area contributed by atoms with Gasteiger partial charge in [0.25, 0.3) is 0 Å². The van der Waals surface area contributed by atoms with E-state index in [1.165, 1.54) is 31.3 Å². The Hall–Kier alpha value is -3.69. The number of fused-ring (bicyclic) bond motifs is 1. The SMILES string of the molecule is COc1ncc(-c2cc(C3CC3c3cncnc3)c3ncc(F)n3n2)c(OC)n1. The van der Waals surface area contributed by atoms with Crippen molar-refractivity contribution in [2.24, 2.45) is 0 Å². The lowest BCUT2D eigenvalue weighted by molar-refractivity contribution is 0.353. The van der Waals surface area contributed by atoms with Gasteiger partial charge in [-0.25, -0.2) is 19.9 Å². The molecule has 2 atom stereocenters. The van der Waals surface area contributed by atoms with E-state index >= 15 is 0 Å². The first-order chi connectivity index (χ1) is 14.2. The molecule has 4 aromatic rings. The van der Waals surface area contributed by atoms with Gasteiger partial charge in [0.05, 0.1) is 31.7 Å². The van der Waals surface area contributed by atoms with Crippen molar-refractivity contribution in [3.63, 3.8) is 0 Å². The number of halogens is 1. The summed E-state index contributed by atoms with van der Waals surface area (Å²) in [5, 5.41) is 4.39. The van der Waals surface area contributed by atoms with Crippen molar-refractivity contribution in [1.82, 2.24) is 34.5 Å². The topological polar surface area (TPSA) is 100 Å². The van der Waals surface area contributed by atoms with E-state index in [4.69, 9.17) is 9.47 Å². The van der Waals surface area contributed by atoms with Crippen molar-refractivity contribution in [3.05, 3.63) is 54.3 Å². The molecule has 0 N–H and O–H groups in total. The largest absolute Gasteiger partial charge is 0.480 e. The number of aromatic nitrogens is 7. The second kappa shape index (κ2) is 6.73. The average molecular weight is 393 g/mol. The minimum absolute atomic E-state index is 0.164. The molecule has 1 aliphatic carbocycles. The molecule has 1 aliphatic rings. The van der Waals surface area contributed by atoms with Crippen LogP contribution in [-0.4, -0.2) is 48.8 Å². The van der Waals surface area contributed by atoms with E-state index in [1.54, 1.807) is 6.20 Å². The van der Waals surface area contributed by atoms with E-state index in [2.05, 4.69) is 30.0 Å². The molecule has 0 bridgehead atoms. The van der Waals surface area contributed by atoms with Crippen LogP contribution in [0.3, 0.4) is 0 Å². The van der Waals surface area contributed by atoms with E-state index in [1.807, 2.05) is 18.5 Å². The van der Waals surface area contributed by atoms with Crippen LogP contribution in [0, 0.1) is 5.95 Å². The van der Waals surface area contributed by atoms with Crippen LogP contribution in [-0.2, 0) is 0 Å². The highest BCUT2D eigenvalue weighted by Gasteiger charge is 2.42. The van der Waals surface area contributed by atoms with Gasteiger partial charge < -0.3 is 9.47 Å². The number of imidazole rings is 1. The zero-order chi connectivity index (χ0) is 20.0. The molecule has 0 aliphatic heterocycles. The number of hydrogen-bond donors (Lipinski definition) is 0.